The Hall–Kier alpha value is -0.380. The van der Waals surface area contributed by atoms with Crippen LogP contribution in [0.5, 0.6) is 0 Å². The first kappa shape index (κ1) is 14.0. The quantitative estimate of drug-likeness (QED) is 0.851. The molecule has 102 valence electrons. The van der Waals surface area contributed by atoms with Gasteiger partial charge in [-0.25, -0.2) is 0 Å². The van der Waals surface area contributed by atoms with Crippen molar-refractivity contribution in [2.75, 3.05) is 19.6 Å². The summed E-state index contributed by atoms with van der Waals surface area (Å²) >= 11 is 1.81. The van der Waals surface area contributed by atoms with Crippen LogP contribution in [0.25, 0.3) is 0 Å². The molecule has 0 aromatic carbocycles. The average molecular weight is 266 g/mol. The van der Waals surface area contributed by atoms with Crippen LogP contribution in [0.2, 0.25) is 0 Å². The van der Waals surface area contributed by atoms with Gasteiger partial charge < -0.3 is 5.32 Å². The van der Waals surface area contributed by atoms with E-state index in [4.69, 9.17) is 0 Å². The first-order chi connectivity index (χ1) is 8.75. The number of hydrogen-bond acceptors (Lipinski definition) is 3. The van der Waals surface area contributed by atoms with Gasteiger partial charge in [0.1, 0.15) is 0 Å². The van der Waals surface area contributed by atoms with Crippen LogP contribution < -0.4 is 5.32 Å². The Morgan fingerprint density at radius 2 is 2.33 bits per heavy atom. The summed E-state index contributed by atoms with van der Waals surface area (Å²) < 4.78 is 0. The maximum atomic E-state index is 3.60. The lowest BCUT2D eigenvalue weighted by molar-refractivity contribution is 0.145. The highest BCUT2D eigenvalue weighted by Gasteiger charge is 2.21. The van der Waals surface area contributed by atoms with E-state index in [0.29, 0.717) is 6.04 Å². The molecule has 1 aromatic heterocycles. The van der Waals surface area contributed by atoms with Gasteiger partial charge in [0.2, 0.25) is 0 Å². The van der Waals surface area contributed by atoms with Gasteiger partial charge in [-0.15, -0.1) is 0 Å². The van der Waals surface area contributed by atoms with Crippen LogP contribution in [0.1, 0.15) is 38.7 Å². The molecule has 0 spiro atoms. The lowest BCUT2D eigenvalue weighted by atomic mass is 10.0. The van der Waals surface area contributed by atoms with Crippen LogP contribution in [-0.2, 0) is 6.42 Å². The summed E-state index contributed by atoms with van der Waals surface area (Å²) in [6.07, 6.45) is 5.35. The Kier molecular flexibility index (Phi) is 5.67. The number of rotatable bonds is 6. The van der Waals surface area contributed by atoms with E-state index in [0.717, 1.165) is 12.6 Å². The van der Waals surface area contributed by atoms with Crippen LogP contribution in [0.3, 0.4) is 0 Å². The van der Waals surface area contributed by atoms with E-state index in [2.05, 4.69) is 40.9 Å². The van der Waals surface area contributed by atoms with E-state index in [1.807, 2.05) is 11.3 Å². The minimum atomic E-state index is 0.602. The number of nitrogens with one attached hydrogen (secondary N) is 1. The van der Waals surface area contributed by atoms with Crippen LogP contribution in [-0.4, -0.2) is 36.6 Å². The van der Waals surface area contributed by atoms with Crippen molar-refractivity contribution in [3.8, 4) is 0 Å². The van der Waals surface area contributed by atoms with Crippen LogP contribution in [0.4, 0.5) is 0 Å². The van der Waals surface area contributed by atoms with E-state index in [9.17, 15) is 0 Å². The van der Waals surface area contributed by atoms with Crippen molar-refractivity contribution in [2.24, 2.45) is 0 Å². The second-order valence-corrected chi connectivity index (χ2v) is 6.41. The number of nitrogens with zero attached hydrogens (tertiary/aromatic N) is 1. The van der Waals surface area contributed by atoms with Crippen molar-refractivity contribution in [1.82, 2.24) is 10.2 Å². The molecule has 2 nitrogen and oxygen atoms in total. The smallest absolute Gasteiger partial charge is 0.0220 e. The molecule has 2 heterocycles. The molecule has 0 saturated carbocycles. The zero-order chi connectivity index (χ0) is 12.8. The number of piperidine rings is 1. The fourth-order valence-corrected chi connectivity index (χ4v) is 3.37. The normalized spacial score (nSPS) is 21.6. The molecule has 0 bridgehead atoms. The molecule has 0 amide bonds. The van der Waals surface area contributed by atoms with Gasteiger partial charge >= 0.3 is 0 Å². The minimum Gasteiger partial charge on any atom is -0.313 e. The van der Waals surface area contributed by atoms with E-state index >= 15 is 0 Å². The first-order valence-corrected chi connectivity index (χ1v) is 8.18. The topological polar surface area (TPSA) is 15.3 Å². The van der Waals surface area contributed by atoms with Gasteiger partial charge in [0.25, 0.3) is 0 Å². The zero-order valence-corrected chi connectivity index (χ0v) is 12.5. The van der Waals surface area contributed by atoms with Crippen LogP contribution >= 0.6 is 11.3 Å². The Labute approximate surface area is 115 Å². The molecule has 0 radical (unpaired) electrons. The third-order valence-corrected chi connectivity index (χ3v) is 4.51. The molecule has 1 aliphatic rings. The van der Waals surface area contributed by atoms with E-state index in [1.54, 1.807) is 0 Å². The second kappa shape index (κ2) is 7.27. The average Bonchev–Trinajstić information content (AvgIpc) is 2.88. The van der Waals surface area contributed by atoms with Crippen molar-refractivity contribution in [3.63, 3.8) is 0 Å². The van der Waals surface area contributed by atoms with Gasteiger partial charge in [-0.05, 0) is 48.2 Å². The summed E-state index contributed by atoms with van der Waals surface area (Å²) in [5.41, 5.74) is 1.50. The van der Waals surface area contributed by atoms with Gasteiger partial charge in [0, 0.05) is 25.2 Å². The highest BCUT2D eigenvalue weighted by Crippen LogP contribution is 2.17. The van der Waals surface area contributed by atoms with Crippen molar-refractivity contribution in [2.45, 2.75) is 51.6 Å². The highest BCUT2D eigenvalue weighted by atomic mass is 32.1. The molecule has 1 aromatic rings. The van der Waals surface area contributed by atoms with Crippen molar-refractivity contribution < 1.29 is 0 Å². The standard InChI is InChI=1S/C15H26N2S/c1-13(2)16-11-15-5-3-4-8-17(15)9-6-14-7-10-18-12-14/h7,10,12-13,15-16H,3-6,8-9,11H2,1-2H3. The molecule has 1 N–H and O–H groups in total. The van der Waals surface area contributed by atoms with E-state index in [1.165, 1.54) is 44.3 Å². The van der Waals surface area contributed by atoms with E-state index in [-0.39, 0.29) is 0 Å². The maximum absolute atomic E-state index is 3.60. The highest BCUT2D eigenvalue weighted by molar-refractivity contribution is 7.07. The predicted molar refractivity (Wildman–Crippen MR) is 80.4 cm³/mol. The van der Waals surface area contributed by atoms with Gasteiger partial charge in [-0.1, -0.05) is 20.3 Å². The molecule has 2 rings (SSSR count). The largest absolute Gasteiger partial charge is 0.313 e. The molecule has 18 heavy (non-hydrogen) atoms. The van der Waals surface area contributed by atoms with Gasteiger partial charge in [0.05, 0.1) is 0 Å². The lowest BCUT2D eigenvalue weighted by Crippen LogP contribution is -2.47. The minimum absolute atomic E-state index is 0.602. The summed E-state index contributed by atoms with van der Waals surface area (Å²) in [7, 11) is 0. The molecule has 1 fully saturated rings. The molecule has 1 unspecified atom stereocenters. The van der Waals surface area contributed by atoms with Crippen molar-refractivity contribution in [1.29, 1.82) is 0 Å². The summed E-state index contributed by atoms with van der Waals surface area (Å²) in [4.78, 5) is 2.69. The van der Waals surface area contributed by atoms with Gasteiger partial charge in [-0.2, -0.15) is 11.3 Å². The SMILES string of the molecule is CC(C)NCC1CCCCN1CCc1ccsc1. The molecule has 3 heteroatoms. The number of likely N-dealkylation sites (tertiary alicyclic amines) is 1. The fourth-order valence-electron chi connectivity index (χ4n) is 2.66. The Bertz CT molecular complexity index is 321. The molecule has 1 saturated heterocycles. The Morgan fingerprint density at radius 1 is 1.44 bits per heavy atom. The Balaban J connectivity index is 1.79. The molecule has 0 aliphatic carbocycles. The lowest BCUT2D eigenvalue weighted by Gasteiger charge is -2.36. The van der Waals surface area contributed by atoms with Crippen molar-refractivity contribution in [3.05, 3.63) is 22.4 Å². The maximum Gasteiger partial charge on any atom is 0.0220 e. The molecule has 1 aliphatic heterocycles. The molecular formula is C15H26N2S. The third-order valence-electron chi connectivity index (χ3n) is 3.78. The zero-order valence-electron chi connectivity index (χ0n) is 11.7. The summed E-state index contributed by atoms with van der Waals surface area (Å²) in [5.74, 6) is 0. The van der Waals surface area contributed by atoms with Gasteiger partial charge in [0.15, 0.2) is 0 Å². The second-order valence-electron chi connectivity index (χ2n) is 5.63. The molecular weight excluding hydrogens is 240 g/mol. The molecule has 1 atom stereocenters. The van der Waals surface area contributed by atoms with E-state index < -0.39 is 0 Å². The first-order valence-electron chi connectivity index (χ1n) is 7.24. The van der Waals surface area contributed by atoms with Crippen LogP contribution in [0, 0.1) is 0 Å². The predicted octanol–water partition coefficient (Wildman–Crippen LogP) is 3.14. The monoisotopic (exact) mass is 266 g/mol. The fraction of sp³-hybridized carbons (Fsp3) is 0.733. The summed E-state index contributed by atoms with van der Waals surface area (Å²) in [5, 5.41) is 8.07. The Morgan fingerprint density at radius 3 is 3.06 bits per heavy atom. The van der Waals surface area contributed by atoms with Crippen LogP contribution in [0.15, 0.2) is 16.8 Å². The van der Waals surface area contributed by atoms with Gasteiger partial charge in [-0.3, -0.25) is 4.90 Å². The third kappa shape index (κ3) is 4.38. The number of hydrogen-bond donors (Lipinski definition) is 1. The summed E-state index contributed by atoms with van der Waals surface area (Å²) in [6, 6.07) is 3.61. The summed E-state index contributed by atoms with van der Waals surface area (Å²) in [6.45, 7) is 8.13. The van der Waals surface area contributed by atoms with Crippen molar-refractivity contribution >= 4 is 11.3 Å². The number of thiophene rings is 1.